The molecule has 1 unspecified atom stereocenters. The number of aromatic nitrogens is 1. The standard InChI is InChI=1S/C11H13NO5/c1-3-8(11(16)17)12-6(2)4-5-7(9(12)13)10(14)15/h4-5,8H,3H2,1-2H3,(H,14,15)(H,16,17). The zero-order chi connectivity index (χ0) is 13.2. The van der Waals surface area contributed by atoms with Gasteiger partial charge in [0.05, 0.1) is 0 Å². The normalized spacial score (nSPS) is 12.1. The lowest BCUT2D eigenvalue weighted by Gasteiger charge is -2.17. The van der Waals surface area contributed by atoms with Gasteiger partial charge in [-0.25, -0.2) is 9.59 Å². The lowest BCUT2D eigenvalue weighted by atomic mass is 10.1. The van der Waals surface area contributed by atoms with Crippen LogP contribution in [-0.4, -0.2) is 26.7 Å². The van der Waals surface area contributed by atoms with Crippen LogP contribution in [0.3, 0.4) is 0 Å². The highest BCUT2D eigenvalue weighted by Crippen LogP contribution is 2.12. The van der Waals surface area contributed by atoms with Crippen molar-refractivity contribution in [3.05, 3.63) is 33.7 Å². The molecule has 6 heteroatoms. The smallest absolute Gasteiger partial charge is 0.341 e. The number of carbonyl (C=O) groups is 2. The molecule has 0 aliphatic carbocycles. The molecule has 0 amide bonds. The lowest BCUT2D eigenvalue weighted by molar-refractivity contribution is -0.141. The average molecular weight is 239 g/mol. The molecule has 0 saturated carbocycles. The van der Waals surface area contributed by atoms with E-state index >= 15 is 0 Å². The number of hydrogen-bond acceptors (Lipinski definition) is 3. The summed E-state index contributed by atoms with van der Waals surface area (Å²) in [5.41, 5.74) is -0.781. The van der Waals surface area contributed by atoms with E-state index in [1.165, 1.54) is 12.1 Å². The van der Waals surface area contributed by atoms with Crippen LogP contribution in [0.15, 0.2) is 16.9 Å². The first-order valence-corrected chi connectivity index (χ1v) is 5.08. The molecule has 1 aromatic rings. The summed E-state index contributed by atoms with van der Waals surface area (Å²) in [4.78, 5) is 33.7. The molecule has 1 rings (SSSR count). The molecule has 1 aromatic heterocycles. The molecule has 0 bridgehead atoms. The van der Waals surface area contributed by atoms with Crippen LogP contribution in [0.1, 0.15) is 35.4 Å². The van der Waals surface area contributed by atoms with Gasteiger partial charge >= 0.3 is 11.9 Å². The van der Waals surface area contributed by atoms with Gasteiger partial charge in [0, 0.05) is 5.69 Å². The van der Waals surface area contributed by atoms with Crippen LogP contribution in [0.2, 0.25) is 0 Å². The Bertz CT molecular complexity index is 517. The zero-order valence-electron chi connectivity index (χ0n) is 9.51. The summed E-state index contributed by atoms with van der Waals surface area (Å²) in [5.74, 6) is -2.51. The maximum absolute atomic E-state index is 11.9. The van der Waals surface area contributed by atoms with Gasteiger partial charge in [-0.15, -0.1) is 0 Å². The highest BCUT2D eigenvalue weighted by Gasteiger charge is 2.22. The number of rotatable bonds is 4. The zero-order valence-corrected chi connectivity index (χ0v) is 9.51. The van der Waals surface area contributed by atoms with Gasteiger partial charge < -0.3 is 10.2 Å². The summed E-state index contributed by atoms with van der Waals surface area (Å²) in [7, 11) is 0. The quantitative estimate of drug-likeness (QED) is 0.813. The number of aliphatic carboxylic acids is 1. The number of pyridine rings is 1. The number of hydrogen-bond donors (Lipinski definition) is 2. The molecule has 0 aromatic carbocycles. The first-order chi connectivity index (χ1) is 7.90. The fourth-order valence-electron chi connectivity index (χ4n) is 1.66. The van der Waals surface area contributed by atoms with Gasteiger partial charge in [0.1, 0.15) is 11.6 Å². The molecule has 1 heterocycles. The van der Waals surface area contributed by atoms with E-state index in [0.29, 0.717) is 5.69 Å². The number of carboxylic acids is 2. The van der Waals surface area contributed by atoms with E-state index in [1.807, 2.05) is 0 Å². The summed E-state index contributed by atoms with van der Waals surface area (Å²) in [6, 6.07) is 1.57. The van der Waals surface area contributed by atoms with Crippen molar-refractivity contribution in [2.24, 2.45) is 0 Å². The highest BCUT2D eigenvalue weighted by molar-refractivity contribution is 5.87. The van der Waals surface area contributed by atoms with Crippen molar-refractivity contribution in [3.63, 3.8) is 0 Å². The van der Waals surface area contributed by atoms with Crippen molar-refractivity contribution in [3.8, 4) is 0 Å². The van der Waals surface area contributed by atoms with Crippen LogP contribution in [0, 0.1) is 6.92 Å². The minimum Gasteiger partial charge on any atom is -0.480 e. The molecule has 0 fully saturated rings. The van der Waals surface area contributed by atoms with E-state index in [2.05, 4.69) is 0 Å². The Morgan fingerprint density at radius 2 is 1.94 bits per heavy atom. The second kappa shape index (κ2) is 4.82. The first kappa shape index (κ1) is 13.0. The van der Waals surface area contributed by atoms with Gasteiger partial charge in [-0.2, -0.15) is 0 Å². The summed E-state index contributed by atoms with van der Waals surface area (Å²) < 4.78 is 1.01. The second-order valence-electron chi connectivity index (χ2n) is 3.63. The summed E-state index contributed by atoms with van der Waals surface area (Å²) in [5, 5.41) is 17.8. The van der Waals surface area contributed by atoms with Gasteiger partial charge in [-0.3, -0.25) is 9.36 Å². The van der Waals surface area contributed by atoms with Crippen molar-refractivity contribution < 1.29 is 19.8 Å². The molecule has 2 N–H and O–H groups in total. The molecule has 0 aliphatic rings. The van der Waals surface area contributed by atoms with E-state index in [9.17, 15) is 14.4 Å². The SMILES string of the molecule is CCC(C(=O)O)n1c(C)ccc(C(=O)O)c1=O. The topological polar surface area (TPSA) is 96.6 Å². The monoisotopic (exact) mass is 239 g/mol. The molecule has 1 atom stereocenters. The van der Waals surface area contributed by atoms with Gasteiger partial charge in [0.15, 0.2) is 0 Å². The summed E-state index contributed by atoms with van der Waals surface area (Å²) in [6.45, 7) is 3.19. The second-order valence-corrected chi connectivity index (χ2v) is 3.63. The Morgan fingerprint density at radius 1 is 1.35 bits per heavy atom. The fraction of sp³-hybridized carbons (Fsp3) is 0.364. The van der Waals surface area contributed by atoms with Gasteiger partial charge in [0.25, 0.3) is 5.56 Å². The first-order valence-electron chi connectivity index (χ1n) is 5.08. The third kappa shape index (κ3) is 2.35. The Kier molecular flexibility index (Phi) is 3.67. The van der Waals surface area contributed by atoms with Crippen LogP contribution >= 0.6 is 0 Å². The van der Waals surface area contributed by atoms with Crippen LogP contribution in [0.4, 0.5) is 0 Å². The molecule has 0 aliphatic heterocycles. The summed E-state index contributed by atoms with van der Waals surface area (Å²) >= 11 is 0. The molecule has 6 nitrogen and oxygen atoms in total. The number of aromatic carboxylic acids is 1. The van der Waals surface area contributed by atoms with Crippen molar-refractivity contribution >= 4 is 11.9 Å². The lowest BCUT2D eigenvalue weighted by Crippen LogP contribution is -2.34. The van der Waals surface area contributed by atoms with Crippen LogP contribution in [-0.2, 0) is 4.79 Å². The van der Waals surface area contributed by atoms with Gasteiger partial charge in [-0.1, -0.05) is 6.92 Å². The Balaban J connectivity index is 3.51. The van der Waals surface area contributed by atoms with Crippen LogP contribution in [0.25, 0.3) is 0 Å². The number of carboxylic acid groups (broad SMARTS) is 2. The maximum Gasteiger partial charge on any atom is 0.341 e. The minimum atomic E-state index is -1.36. The van der Waals surface area contributed by atoms with E-state index in [1.54, 1.807) is 13.8 Å². The fourth-order valence-corrected chi connectivity index (χ4v) is 1.66. The van der Waals surface area contributed by atoms with E-state index < -0.39 is 29.1 Å². The third-order valence-corrected chi connectivity index (χ3v) is 2.53. The molecular weight excluding hydrogens is 226 g/mol. The predicted octanol–water partition coefficient (Wildman–Crippen LogP) is 0.891. The van der Waals surface area contributed by atoms with E-state index in [-0.39, 0.29) is 6.42 Å². The minimum absolute atomic E-state index is 0.207. The number of nitrogens with zero attached hydrogens (tertiary/aromatic N) is 1. The molecule has 0 radical (unpaired) electrons. The Morgan fingerprint density at radius 3 is 2.35 bits per heavy atom. The molecule has 17 heavy (non-hydrogen) atoms. The third-order valence-electron chi connectivity index (χ3n) is 2.53. The van der Waals surface area contributed by atoms with Crippen molar-refractivity contribution in [1.29, 1.82) is 0 Å². The van der Waals surface area contributed by atoms with Crippen LogP contribution in [0.5, 0.6) is 0 Å². The van der Waals surface area contributed by atoms with Gasteiger partial charge in [-0.05, 0) is 25.5 Å². The van der Waals surface area contributed by atoms with Crippen molar-refractivity contribution in [1.82, 2.24) is 4.57 Å². The van der Waals surface area contributed by atoms with Crippen LogP contribution < -0.4 is 5.56 Å². The largest absolute Gasteiger partial charge is 0.480 e. The molecule has 92 valence electrons. The predicted molar refractivity (Wildman–Crippen MR) is 59.4 cm³/mol. The molecule has 0 spiro atoms. The Hall–Kier alpha value is -2.11. The van der Waals surface area contributed by atoms with Crippen molar-refractivity contribution in [2.45, 2.75) is 26.3 Å². The summed E-state index contributed by atoms with van der Waals surface area (Å²) in [6.07, 6.45) is 0.207. The average Bonchev–Trinajstić information content (AvgIpc) is 2.22. The number of aryl methyl sites for hydroxylation is 1. The highest BCUT2D eigenvalue weighted by atomic mass is 16.4. The molecule has 0 saturated heterocycles. The van der Waals surface area contributed by atoms with Gasteiger partial charge in [0.2, 0.25) is 0 Å². The van der Waals surface area contributed by atoms with Crippen molar-refractivity contribution in [2.75, 3.05) is 0 Å². The molecular formula is C11H13NO5. The van der Waals surface area contributed by atoms with E-state index in [0.717, 1.165) is 4.57 Å². The maximum atomic E-state index is 11.9. The van der Waals surface area contributed by atoms with E-state index in [4.69, 9.17) is 10.2 Å². The Labute approximate surface area is 97.1 Å².